The van der Waals surface area contributed by atoms with Gasteiger partial charge in [0.1, 0.15) is 0 Å². The number of amides is 1. The minimum Gasteiger partial charge on any atom is -0.325 e. The number of fused-ring (bicyclic) bond motifs is 1. The van der Waals surface area contributed by atoms with Gasteiger partial charge in [0.05, 0.1) is 5.75 Å². The lowest BCUT2D eigenvalue weighted by Crippen LogP contribution is -2.13. The molecule has 1 heterocycles. The Balaban J connectivity index is 1.50. The molecular weight excluding hydrogens is 298 g/mol. The minimum absolute atomic E-state index is 0.0443. The summed E-state index contributed by atoms with van der Waals surface area (Å²) in [5.74, 6) is 1.37. The first-order valence-electron chi connectivity index (χ1n) is 6.69. The van der Waals surface area contributed by atoms with E-state index < -0.39 is 0 Å². The quantitative estimate of drug-likeness (QED) is 0.735. The molecule has 3 rings (SSSR count). The van der Waals surface area contributed by atoms with E-state index in [0.717, 1.165) is 11.4 Å². The number of rotatable bonds is 5. The lowest BCUT2D eigenvalue weighted by atomic mass is 10.1. The molecule has 4 heteroatoms. The summed E-state index contributed by atoms with van der Waals surface area (Å²) in [7, 11) is 0. The van der Waals surface area contributed by atoms with Gasteiger partial charge in [0.2, 0.25) is 5.91 Å². The molecule has 1 N–H and O–H groups in total. The Morgan fingerprint density at radius 1 is 1.05 bits per heavy atom. The van der Waals surface area contributed by atoms with Crippen molar-refractivity contribution in [3.05, 3.63) is 64.9 Å². The van der Waals surface area contributed by atoms with Crippen LogP contribution in [0.3, 0.4) is 0 Å². The first-order valence-corrected chi connectivity index (χ1v) is 8.78. The van der Waals surface area contributed by atoms with Crippen molar-refractivity contribution < 1.29 is 4.79 Å². The highest BCUT2D eigenvalue weighted by Crippen LogP contribution is 2.22. The highest BCUT2D eigenvalue weighted by molar-refractivity contribution is 7.99. The standard InChI is InChI=1S/C17H15NOS2/c19-17(18-16-4-2-1-3-5-16)12-20-9-13-6-7-14-10-21-11-15(14)8-13/h1-8,10-11H,9,12H2,(H,18,19). The number of hydrogen-bond donors (Lipinski definition) is 1. The molecule has 2 nitrogen and oxygen atoms in total. The lowest BCUT2D eigenvalue weighted by Gasteiger charge is -2.05. The monoisotopic (exact) mass is 313 g/mol. The molecule has 3 aromatic rings. The summed E-state index contributed by atoms with van der Waals surface area (Å²) < 4.78 is 0. The first-order chi connectivity index (χ1) is 10.3. The van der Waals surface area contributed by atoms with E-state index in [4.69, 9.17) is 0 Å². The van der Waals surface area contributed by atoms with Crippen molar-refractivity contribution in [3.8, 4) is 0 Å². The van der Waals surface area contributed by atoms with Crippen molar-refractivity contribution in [3.63, 3.8) is 0 Å². The predicted octanol–water partition coefficient (Wildman–Crippen LogP) is 4.77. The molecule has 0 fully saturated rings. The molecule has 21 heavy (non-hydrogen) atoms. The normalized spacial score (nSPS) is 10.7. The maximum atomic E-state index is 11.8. The summed E-state index contributed by atoms with van der Waals surface area (Å²) >= 11 is 3.36. The number of anilines is 1. The highest BCUT2D eigenvalue weighted by atomic mass is 32.2. The summed E-state index contributed by atoms with van der Waals surface area (Å²) in [6.45, 7) is 0. The van der Waals surface area contributed by atoms with Crippen LogP contribution >= 0.6 is 23.1 Å². The van der Waals surface area contributed by atoms with Crippen LogP contribution in [0.5, 0.6) is 0 Å². The van der Waals surface area contributed by atoms with Gasteiger partial charge in [0.15, 0.2) is 0 Å². The Morgan fingerprint density at radius 3 is 2.71 bits per heavy atom. The molecule has 1 aromatic heterocycles. The molecule has 0 aliphatic rings. The average molecular weight is 313 g/mol. The van der Waals surface area contributed by atoms with E-state index in [1.165, 1.54) is 16.3 Å². The van der Waals surface area contributed by atoms with Gasteiger partial charge in [-0.25, -0.2) is 0 Å². The van der Waals surface area contributed by atoms with E-state index in [0.29, 0.717) is 5.75 Å². The molecule has 0 aliphatic carbocycles. The van der Waals surface area contributed by atoms with Gasteiger partial charge in [0, 0.05) is 11.4 Å². The fourth-order valence-corrected chi connectivity index (χ4v) is 3.64. The summed E-state index contributed by atoms with van der Waals surface area (Å²) in [5.41, 5.74) is 2.11. The van der Waals surface area contributed by atoms with Crippen LogP contribution in [-0.2, 0) is 10.5 Å². The van der Waals surface area contributed by atoms with Crippen LogP contribution in [0.4, 0.5) is 5.69 Å². The number of nitrogens with one attached hydrogen (secondary N) is 1. The van der Waals surface area contributed by atoms with Gasteiger partial charge >= 0.3 is 0 Å². The number of hydrogen-bond acceptors (Lipinski definition) is 3. The van der Waals surface area contributed by atoms with Crippen molar-refractivity contribution in [2.45, 2.75) is 5.75 Å². The van der Waals surface area contributed by atoms with Crippen LogP contribution in [-0.4, -0.2) is 11.7 Å². The Bertz CT molecular complexity index is 737. The molecular formula is C17H15NOS2. The summed E-state index contributed by atoms with van der Waals surface area (Å²) in [5, 5.41) is 9.78. The van der Waals surface area contributed by atoms with Crippen molar-refractivity contribution in [2.75, 3.05) is 11.1 Å². The molecule has 0 unspecified atom stereocenters. The maximum absolute atomic E-state index is 11.8. The molecule has 1 amide bonds. The fourth-order valence-electron chi connectivity index (χ4n) is 2.08. The van der Waals surface area contributed by atoms with Gasteiger partial charge in [-0.05, 0) is 45.3 Å². The van der Waals surface area contributed by atoms with Gasteiger partial charge in [0.25, 0.3) is 0 Å². The third kappa shape index (κ3) is 3.86. The number of carbonyl (C=O) groups excluding carboxylic acids is 1. The topological polar surface area (TPSA) is 29.1 Å². The second-order valence-corrected chi connectivity index (χ2v) is 6.47. The Kier molecular flexibility index (Phi) is 4.58. The zero-order chi connectivity index (χ0) is 14.5. The molecule has 0 saturated carbocycles. The number of carbonyl (C=O) groups is 1. The number of benzene rings is 2. The smallest absolute Gasteiger partial charge is 0.234 e. The largest absolute Gasteiger partial charge is 0.325 e. The molecule has 0 atom stereocenters. The van der Waals surface area contributed by atoms with Crippen LogP contribution in [0, 0.1) is 0 Å². The van der Waals surface area contributed by atoms with E-state index in [1.807, 2.05) is 30.3 Å². The zero-order valence-corrected chi connectivity index (χ0v) is 13.0. The SMILES string of the molecule is O=C(CSCc1ccc2cscc2c1)Nc1ccccc1. The van der Waals surface area contributed by atoms with E-state index in [9.17, 15) is 4.79 Å². The van der Waals surface area contributed by atoms with Gasteiger partial charge in [-0.3, -0.25) is 4.79 Å². The van der Waals surface area contributed by atoms with Crippen LogP contribution in [0.1, 0.15) is 5.56 Å². The van der Waals surface area contributed by atoms with Crippen LogP contribution in [0.25, 0.3) is 10.8 Å². The van der Waals surface area contributed by atoms with Gasteiger partial charge in [-0.2, -0.15) is 11.3 Å². The molecule has 0 bridgehead atoms. The van der Waals surface area contributed by atoms with Crippen molar-refractivity contribution in [2.24, 2.45) is 0 Å². The Hall–Kier alpha value is -1.78. The van der Waals surface area contributed by atoms with Gasteiger partial charge in [-0.15, -0.1) is 11.8 Å². The van der Waals surface area contributed by atoms with Crippen molar-refractivity contribution >= 4 is 45.5 Å². The average Bonchev–Trinajstić information content (AvgIpc) is 2.96. The van der Waals surface area contributed by atoms with Crippen molar-refractivity contribution in [1.29, 1.82) is 0 Å². The highest BCUT2D eigenvalue weighted by Gasteiger charge is 2.03. The number of para-hydroxylation sites is 1. The molecule has 0 radical (unpaired) electrons. The second kappa shape index (κ2) is 6.78. The second-order valence-electron chi connectivity index (χ2n) is 4.74. The fraction of sp³-hybridized carbons (Fsp3) is 0.118. The van der Waals surface area contributed by atoms with Crippen LogP contribution in [0.15, 0.2) is 59.3 Å². The minimum atomic E-state index is 0.0443. The van der Waals surface area contributed by atoms with E-state index in [2.05, 4.69) is 34.3 Å². The molecule has 2 aromatic carbocycles. The Morgan fingerprint density at radius 2 is 1.86 bits per heavy atom. The molecule has 0 spiro atoms. The lowest BCUT2D eigenvalue weighted by molar-refractivity contribution is -0.113. The first kappa shape index (κ1) is 14.2. The van der Waals surface area contributed by atoms with Gasteiger partial charge in [-0.1, -0.05) is 30.3 Å². The van der Waals surface area contributed by atoms with Crippen molar-refractivity contribution in [1.82, 2.24) is 0 Å². The zero-order valence-electron chi connectivity index (χ0n) is 11.4. The number of thiophene rings is 1. The van der Waals surface area contributed by atoms with E-state index in [1.54, 1.807) is 23.1 Å². The number of thioether (sulfide) groups is 1. The maximum Gasteiger partial charge on any atom is 0.234 e. The van der Waals surface area contributed by atoms with Crippen LogP contribution in [0.2, 0.25) is 0 Å². The summed E-state index contributed by atoms with van der Waals surface area (Å²) in [4.78, 5) is 11.8. The van der Waals surface area contributed by atoms with Crippen LogP contribution < -0.4 is 5.32 Å². The third-order valence-corrected chi connectivity index (χ3v) is 4.88. The predicted molar refractivity (Wildman–Crippen MR) is 93.1 cm³/mol. The molecule has 0 aliphatic heterocycles. The Labute approximate surface area is 132 Å². The molecule has 0 saturated heterocycles. The van der Waals surface area contributed by atoms with E-state index in [-0.39, 0.29) is 5.91 Å². The third-order valence-electron chi connectivity index (χ3n) is 3.10. The molecule has 106 valence electrons. The van der Waals surface area contributed by atoms with Gasteiger partial charge < -0.3 is 5.32 Å². The van der Waals surface area contributed by atoms with E-state index >= 15 is 0 Å². The summed E-state index contributed by atoms with van der Waals surface area (Å²) in [6, 6.07) is 16.0. The summed E-state index contributed by atoms with van der Waals surface area (Å²) in [6.07, 6.45) is 0.